The van der Waals surface area contributed by atoms with Crippen LogP contribution in [0.3, 0.4) is 0 Å². The molecule has 0 bridgehead atoms. The normalized spacial score (nSPS) is 11.5. The van der Waals surface area contributed by atoms with Gasteiger partial charge in [0.2, 0.25) is 0 Å². The third-order valence-electron chi connectivity index (χ3n) is 2.86. The van der Waals surface area contributed by atoms with Gasteiger partial charge in [0.05, 0.1) is 5.56 Å². The lowest BCUT2D eigenvalue weighted by Gasteiger charge is -2.16. The lowest BCUT2D eigenvalue weighted by atomic mass is 10.1. The molecule has 21 heavy (non-hydrogen) atoms. The molecule has 0 aliphatic rings. The zero-order chi connectivity index (χ0) is 15.6. The van der Waals surface area contributed by atoms with Crippen molar-refractivity contribution in [1.82, 2.24) is 0 Å². The van der Waals surface area contributed by atoms with Gasteiger partial charge in [-0.2, -0.15) is 13.2 Å². The fraction of sp³-hybridized carbons (Fsp3) is 0.200. The fourth-order valence-electron chi connectivity index (χ4n) is 1.82. The Morgan fingerprint density at radius 1 is 1.05 bits per heavy atom. The smallest absolute Gasteiger partial charge is 0.419 e. The number of benzene rings is 2. The van der Waals surface area contributed by atoms with E-state index in [4.69, 9.17) is 4.74 Å². The summed E-state index contributed by atoms with van der Waals surface area (Å²) in [4.78, 5) is 0. The molecular formula is C15H11BrF4O. The highest BCUT2D eigenvalue weighted by Crippen LogP contribution is 2.39. The van der Waals surface area contributed by atoms with Crippen LogP contribution in [0.15, 0.2) is 36.4 Å². The van der Waals surface area contributed by atoms with Crippen molar-refractivity contribution < 1.29 is 22.3 Å². The molecule has 2 aromatic carbocycles. The second-order valence-electron chi connectivity index (χ2n) is 4.47. The van der Waals surface area contributed by atoms with Crippen LogP contribution in [-0.4, -0.2) is 0 Å². The van der Waals surface area contributed by atoms with E-state index in [9.17, 15) is 17.6 Å². The zero-order valence-electron chi connectivity index (χ0n) is 11.0. The van der Waals surface area contributed by atoms with E-state index in [0.29, 0.717) is 16.5 Å². The molecule has 0 aliphatic carbocycles. The Morgan fingerprint density at radius 2 is 1.71 bits per heavy atom. The molecule has 0 radical (unpaired) electrons. The van der Waals surface area contributed by atoms with Crippen molar-refractivity contribution in [2.45, 2.75) is 18.4 Å². The van der Waals surface area contributed by atoms with Crippen molar-refractivity contribution in [2.24, 2.45) is 0 Å². The van der Waals surface area contributed by atoms with Crippen LogP contribution in [0.1, 0.15) is 16.7 Å². The molecule has 0 unspecified atom stereocenters. The van der Waals surface area contributed by atoms with Gasteiger partial charge in [0, 0.05) is 5.33 Å². The molecule has 0 saturated carbocycles. The van der Waals surface area contributed by atoms with Gasteiger partial charge in [-0.25, -0.2) is 4.39 Å². The first-order valence-electron chi connectivity index (χ1n) is 6.01. The number of ether oxygens (including phenoxy) is 1. The lowest BCUT2D eigenvalue weighted by molar-refractivity contribution is -0.138. The van der Waals surface area contributed by atoms with Gasteiger partial charge in [0.25, 0.3) is 0 Å². The van der Waals surface area contributed by atoms with Crippen LogP contribution in [-0.2, 0) is 11.5 Å². The minimum Gasteiger partial charge on any atom is -0.456 e. The Kier molecular flexibility index (Phi) is 4.56. The van der Waals surface area contributed by atoms with Gasteiger partial charge in [-0.1, -0.05) is 22.0 Å². The van der Waals surface area contributed by atoms with Crippen LogP contribution >= 0.6 is 15.9 Å². The van der Waals surface area contributed by atoms with Gasteiger partial charge in [-0.3, -0.25) is 0 Å². The predicted octanol–water partition coefficient (Wildman–Crippen LogP) is 5.84. The molecule has 0 aromatic heterocycles. The summed E-state index contributed by atoms with van der Waals surface area (Å²) in [6.45, 7) is 1.57. The Hall–Kier alpha value is -1.56. The van der Waals surface area contributed by atoms with E-state index in [0.717, 1.165) is 12.1 Å². The molecule has 0 fully saturated rings. The highest BCUT2D eigenvalue weighted by atomic mass is 79.9. The maximum absolute atomic E-state index is 13.1. The first kappa shape index (κ1) is 15.8. The summed E-state index contributed by atoms with van der Waals surface area (Å²) in [6.07, 6.45) is -4.53. The standard InChI is InChI=1S/C15H11BrF4O/c1-9-6-11(17)3-5-13(9)21-14-4-2-10(8-16)7-12(14)15(18,19)20/h2-7H,8H2,1H3. The molecule has 0 amide bonds. The molecule has 2 aromatic rings. The summed E-state index contributed by atoms with van der Waals surface area (Å²) in [7, 11) is 0. The summed E-state index contributed by atoms with van der Waals surface area (Å²) >= 11 is 3.12. The van der Waals surface area contributed by atoms with E-state index in [2.05, 4.69) is 15.9 Å². The monoisotopic (exact) mass is 362 g/mol. The highest BCUT2D eigenvalue weighted by molar-refractivity contribution is 9.08. The average molecular weight is 363 g/mol. The van der Waals surface area contributed by atoms with Gasteiger partial charge < -0.3 is 4.74 Å². The predicted molar refractivity (Wildman–Crippen MR) is 75.3 cm³/mol. The first-order valence-corrected chi connectivity index (χ1v) is 7.13. The highest BCUT2D eigenvalue weighted by Gasteiger charge is 2.34. The van der Waals surface area contributed by atoms with Gasteiger partial charge in [-0.15, -0.1) is 0 Å². The second-order valence-corrected chi connectivity index (χ2v) is 5.03. The van der Waals surface area contributed by atoms with Gasteiger partial charge in [0.1, 0.15) is 17.3 Å². The van der Waals surface area contributed by atoms with Crippen molar-refractivity contribution in [3.63, 3.8) is 0 Å². The Balaban J connectivity index is 2.44. The average Bonchev–Trinajstić information content (AvgIpc) is 2.41. The van der Waals surface area contributed by atoms with E-state index in [1.165, 1.54) is 24.3 Å². The van der Waals surface area contributed by atoms with Gasteiger partial charge >= 0.3 is 6.18 Å². The number of aryl methyl sites for hydroxylation is 1. The molecule has 0 aliphatic heterocycles. The Morgan fingerprint density at radius 3 is 2.29 bits per heavy atom. The largest absolute Gasteiger partial charge is 0.456 e. The van der Waals surface area contributed by atoms with Gasteiger partial charge in [0.15, 0.2) is 0 Å². The maximum atomic E-state index is 13.1. The maximum Gasteiger partial charge on any atom is 0.419 e. The summed E-state index contributed by atoms with van der Waals surface area (Å²) in [5.74, 6) is -0.582. The molecular weight excluding hydrogens is 352 g/mol. The van der Waals surface area contributed by atoms with E-state index in [1.807, 2.05) is 0 Å². The van der Waals surface area contributed by atoms with Crippen molar-refractivity contribution in [3.8, 4) is 11.5 Å². The van der Waals surface area contributed by atoms with Crippen LogP contribution < -0.4 is 4.74 Å². The molecule has 0 N–H and O–H groups in total. The number of halogens is 5. The number of hydrogen-bond acceptors (Lipinski definition) is 1. The molecule has 0 atom stereocenters. The van der Waals surface area contributed by atoms with Gasteiger partial charge in [-0.05, 0) is 48.4 Å². The third kappa shape index (κ3) is 3.75. The molecule has 0 saturated heterocycles. The lowest BCUT2D eigenvalue weighted by Crippen LogP contribution is -2.08. The summed E-state index contributed by atoms with van der Waals surface area (Å²) < 4.78 is 57.6. The molecule has 112 valence electrons. The molecule has 6 heteroatoms. The molecule has 2 rings (SSSR count). The van der Waals surface area contributed by atoms with E-state index >= 15 is 0 Å². The second kappa shape index (κ2) is 6.05. The number of rotatable bonds is 3. The van der Waals surface area contributed by atoms with Crippen molar-refractivity contribution >= 4 is 15.9 Å². The van der Waals surface area contributed by atoms with E-state index in [1.54, 1.807) is 6.92 Å². The molecule has 0 heterocycles. The summed E-state index contributed by atoms with van der Waals surface area (Å²) in [6, 6.07) is 7.49. The molecule has 1 nitrogen and oxygen atoms in total. The summed E-state index contributed by atoms with van der Waals surface area (Å²) in [5.41, 5.74) is 0.0568. The Bertz CT molecular complexity index is 653. The van der Waals surface area contributed by atoms with Crippen LogP contribution in [0.2, 0.25) is 0 Å². The van der Waals surface area contributed by atoms with Crippen LogP contribution in [0, 0.1) is 12.7 Å². The van der Waals surface area contributed by atoms with Crippen LogP contribution in [0.4, 0.5) is 17.6 Å². The van der Waals surface area contributed by atoms with Crippen molar-refractivity contribution in [2.75, 3.05) is 0 Å². The first-order chi connectivity index (χ1) is 9.81. The fourth-order valence-corrected chi connectivity index (χ4v) is 2.17. The Labute approximate surface area is 127 Å². The van der Waals surface area contributed by atoms with Crippen molar-refractivity contribution in [3.05, 3.63) is 58.9 Å². The van der Waals surface area contributed by atoms with E-state index in [-0.39, 0.29) is 11.5 Å². The molecule has 0 spiro atoms. The van der Waals surface area contributed by atoms with Crippen LogP contribution in [0.25, 0.3) is 0 Å². The SMILES string of the molecule is Cc1cc(F)ccc1Oc1ccc(CBr)cc1C(F)(F)F. The van der Waals surface area contributed by atoms with Crippen LogP contribution in [0.5, 0.6) is 11.5 Å². The van der Waals surface area contributed by atoms with E-state index < -0.39 is 17.6 Å². The quantitative estimate of drug-likeness (QED) is 0.492. The number of alkyl halides is 4. The third-order valence-corrected chi connectivity index (χ3v) is 3.51. The topological polar surface area (TPSA) is 9.23 Å². The minimum absolute atomic E-state index is 0.188. The zero-order valence-corrected chi connectivity index (χ0v) is 12.6. The van der Waals surface area contributed by atoms with Crippen molar-refractivity contribution in [1.29, 1.82) is 0 Å². The number of hydrogen-bond donors (Lipinski definition) is 0. The summed E-state index contributed by atoms with van der Waals surface area (Å²) in [5, 5.41) is 0.311. The minimum atomic E-state index is -4.53.